The molecule has 0 saturated heterocycles. The first-order chi connectivity index (χ1) is 3.39. The van der Waals surface area contributed by atoms with Gasteiger partial charge < -0.3 is 0 Å². The number of nitrogens with zero attached hydrogens (tertiary/aromatic N) is 1. The van der Waals surface area contributed by atoms with Crippen LogP contribution in [0.25, 0.3) is 0 Å². The maximum Gasteiger partial charge on any atom is 0.0739 e. The highest BCUT2D eigenvalue weighted by atomic mass is 16.8. The summed E-state index contributed by atoms with van der Waals surface area (Å²) in [5, 5.41) is 3.45. The quantitative estimate of drug-likeness (QED) is 0.476. The Hall–Kier alpha value is -0.990. The molecule has 0 radical (unpaired) electrons. The van der Waals surface area contributed by atoms with Gasteiger partial charge in [-0.3, -0.25) is 4.94 Å². The minimum absolute atomic E-state index is 1.06. The van der Waals surface area contributed by atoms with Gasteiger partial charge in [0, 0.05) is 6.20 Å². The first-order valence-corrected chi connectivity index (χ1v) is 2.01. The van der Waals surface area contributed by atoms with Crippen LogP contribution in [-0.4, -0.2) is 6.21 Å². The predicted octanol–water partition coefficient (Wildman–Crippen LogP) is 0.411. The molecule has 3 nitrogen and oxygen atoms in total. The molecule has 1 aliphatic heterocycles. The Balaban J connectivity index is 2.58. The second-order valence-electron chi connectivity index (χ2n) is 1.33. The van der Waals surface area contributed by atoms with Gasteiger partial charge in [-0.05, 0) is 12.5 Å². The van der Waals surface area contributed by atoms with Gasteiger partial charge in [0.1, 0.15) is 0 Å². The van der Waals surface area contributed by atoms with Crippen molar-refractivity contribution in [1.29, 1.82) is 0 Å². The van der Waals surface area contributed by atoms with E-state index in [9.17, 15) is 0 Å². The van der Waals surface area contributed by atoms with Crippen molar-refractivity contribution in [3.05, 3.63) is 11.8 Å². The van der Waals surface area contributed by atoms with Gasteiger partial charge in [0.15, 0.2) is 0 Å². The maximum absolute atomic E-state index is 4.38. The fraction of sp³-hybridized carbons (Fsp3) is 0.250. The van der Waals surface area contributed by atoms with E-state index in [4.69, 9.17) is 0 Å². The average Bonchev–Trinajstić information content (AvgIpc) is 1.69. The smallest absolute Gasteiger partial charge is 0.0739 e. The molecule has 0 fully saturated rings. The summed E-state index contributed by atoms with van der Waals surface area (Å²) in [5.74, 6) is 0. The molecule has 1 aliphatic rings. The van der Waals surface area contributed by atoms with E-state index in [0.717, 1.165) is 5.57 Å². The molecule has 0 aromatic heterocycles. The average molecular weight is 98.1 g/mol. The largest absolute Gasteiger partial charge is 0.271 e. The Morgan fingerprint density at radius 3 is 3.00 bits per heavy atom. The molecule has 0 atom stereocenters. The first kappa shape index (κ1) is 4.18. The van der Waals surface area contributed by atoms with Crippen LogP contribution < -0.4 is 5.48 Å². The Bertz CT molecular complexity index is 117. The number of hydroxylamine groups is 1. The van der Waals surface area contributed by atoms with E-state index in [1.165, 1.54) is 0 Å². The van der Waals surface area contributed by atoms with Crippen LogP contribution in [0.5, 0.6) is 0 Å². The number of hydrogen-bond acceptors (Lipinski definition) is 3. The van der Waals surface area contributed by atoms with Gasteiger partial charge in [-0.1, -0.05) is 5.16 Å². The van der Waals surface area contributed by atoms with Gasteiger partial charge in [0.25, 0.3) is 0 Å². The molecule has 1 heterocycles. The molecule has 0 bridgehead atoms. The Kier molecular flexibility index (Phi) is 0.978. The lowest BCUT2D eigenvalue weighted by Crippen LogP contribution is -2.06. The molecule has 0 unspecified atom stereocenters. The van der Waals surface area contributed by atoms with Crippen LogP contribution in [0.15, 0.2) is 16.9 Å². The van der Waals surface area contributed by atoms with Crippen molar-refractivity contribution in [2.24, 2.45) is 5.16 Å². The zero-order valence-corrected chi connectivity index (χ0v) is 4.01. The highest BCUT2D eigenvalue weighted by Crippen LogP contribution is 1.88. The lowest BCUT2D eigenvalue weighted by Gasteiger charge is -2.00. The van der Waals surface area contributed by atoms with Crippen LogP contribution in [0.1, 0.15) is 6.92 Å². The third-order valence-electron chi connectivity index (χ3n) is 0.648. The monoisotopic (exact) mass is 98.0 g/mol. The Morgan fingerprint density at radius 2 is 2.71 bits per heavy atom. The third kappa shape index (κ3) is 0.924. The number of nitrogens with one attached hydrogen (secondary N) is 1. The Morgan fingerprint density at radius 1 is 1.86 bits per heavy atom. The van der Waals surface area contributed by atoms with E-state index in [1.54, 1.807) is 12.4 Å². The van der Waals surface area contributed by atoms with Crippen LogP contribution in [0, 0.1) is 0 Å². The van der Waals surface area contributed by atoms with Crippen molar-refractivity contribution >= 4 is 6.21 Å². The van der Waals surface area contributed by atoms with Gasteiger partial charge in [-0.25, -0.2) is 5.48 Å². The van der Waals surface area contributed by atoms with Crippen molar-refractivity contribution < 1.29 is 4.94 Å². The topological polar surface area (TPSA) is 33.6 Å². The minimum atomic E-state index is 1.06. The lowest BCUT2D eigenvalue weighted by molar-refractivity contribution is 0.0759. The summed E-state index contributed by atoms with van der Waals surface area (Å²) in [4.78, 5) is 4.38. The zero-order valence-electron chi connectivity index (χ0n) is 4.01. The molecule has 1 rings (SSSR count). The highest BCUT2D eigenvalue weighted by Gasteiger charge is 1.86. The van der Waals surface area contributed by atoms with Crippen LogP contribution in [0.2, 0.25) is 0 Å². The van der Waals surface area contributed by atoms with Crippen molar-refractivity contribution in [2.75, 3.05) is 0 Å². The molecule has 0 spiro atoms. The maximum atomic E-state index is 4.38. The van der Waals surface area contributed by atoms with Gasteiger partial charge in [0.05, 0.1) is 6.21 Å². The Labute approximate surface area is 41.6 Å². The van der Waals surface area contributed by atoms with E-state index in [2.05, 4.69) is 15.6 Å². The van der Waals surface area contributed by atoms with E-state index in [0.29, 0.717) is 0 Å². The fourth-order valence-corrected chi connectivity index (χ4v) is 0.296. The molecule has 0 aromatic rings. The molecule has 0 aromatic carbocycles. The van der Waals surface area contributed by atoms with Crippen molar-refractivity contribution in [1.82, 2.24) is 5.48 Å². The highest BCUT2D eigenvalue weighted by molar-refractivity contribution is 5.77. The van der Waals surface area contributed by atoms with Gasteiger partial charge in [-0.2, -0.15) is 0 Å². The molecule has 3 heteroatoms. The van der Waals surface area contributed by atoms with Crippen LogP contribution >= 0.6 is 0 Å². The molecular weight excluding hydrogens is 92.1 g/mol. The van der Waals surface area contributed by atoms with Crippen LogP contribution in [0.3, 0.4) is 0 Å². The lowest BCUT2D eigenvalue weighted by atomic mass is 10.4. The summed E-state index contributed by atoms with van der Waals surface area (Å²) in [6, 6.07) is 0. The van der Waals surface area contributed by atoms with Crippen LogP contribution in [-0.2, 0) is 4.94 Å². The molecular formula is C4H6N2O. The molecule has 38 valence electrons. The van der Waals surface area contributed by atoms with Crippen molar-refractivity contribution in [3.63, 3.8) is 0 Å². The summed E-state index contributed by atoms with van der Waals surface area (Å²) >= 11 is 0. The number of oxime groups is 1. The van der Waals surface area contributed by atoms with E-state index in [-0.39, 0.29) is 0 Å². The predicted molar refractivity (Wildman–Crippen MR) is 26.5 cm³/mol. The molecule has 7 heavy (non-hydrogen) atoms. The van der Waals surface area contributed by atoms with Crippen molar-refractivity contribution in [2.45, 2.75) is 6.92 Å². The second-order valence-corrected chi connectivity index (χ2v) is 1.33. The summed E-state index contributed by atoms with van der Waals surface area (Å²) < 4.78 is 0. The molecule has 0 aliphatic carbocycles. The minimum Gasteiger partial charge on any atom is -0.271 e. The SMILES string of the molecule is CC1=CNON=C1. The van der Waals surface area contributed by atoms with Gasteiger partial charge in [0.2, 0.25) is 0 Å². The fourth-order valence-electron chi connectivity index (χ4n) is 0.296. The van der Waals surface area contributed by atoms with E-state index >= 15 is 0 Å². The molecule has 0 saturated carbocycles. The van der Waals surface area contributed by atoms with Crippen molar-refractivity contribution in [3.8, 4) is 0 Å². The van der Waals surface area contributed by atoms with E-state index in [1.807, 2.05) is 6.92 Å². The summed E-state index contributed by atoms with van der Waals surface area (Å²) in [7, 11) is 0. The normalized spacial score (nSPS) is 17.0. The zero-order chi connectivity index (χ0) is 5.11. The second kappa shape index (κ2) is 1.64. The summed E-state index contributed by atoms with van der Waals surface area (Å²) in [5.41, 5.74) is 3.54. The van der Waals surface area contributed by atoms with Gasteiger partial charge in [-0.15, -0.1) is 0 Å². The summed E-state index contributed by atoms with van der Waals surface area (Å²) in [6.45, 7) is 1.93. The number of rotatable bonds is 0. The summed E-state index contributed by atoms with van der Waals surface area (Å²) in [6.07, 6.45) is 3.36. The molecule has 1 N–H and O–H groups in total. The number of allylic oxidation sites excluding steroid dienone is 1. The molecule has 0 amide bonds. The third-order valence-corrected chi connectivity index (χ3v) is 0.648. The first-order valence-electron chi connectivity index (χ1n) is 2.01. The van der Waals surface area contributed by atoms with Crippen LogP contribution in [0.4, 0.5) is 0 Å². The number of hydrogen-bond donors (Lipinski definition) is 1. The van der Waals surface area contributed by atoms with E-state index < -0.39 is 0 Å². The van der Waals surface area contributed by atoms with Gasteiger partial charge >= 0.3 is 0 Å². The standard InChI is InChI=1S/C4H6N2O/c1-4-2-5-7-6-3-4/h2-3,5H,1H3.